The van der Waals surface area contributed by atoms with Crippen LogP contribution in [-0.4, -0.2) is 30.2 Å². The third-order valence-corrected chi connectivity index (χ3v) is 2.23. The second kappa shape index (κ2) is 41.9. The van der Waals surface area contributed by atoms with Crippen molar-refractivity contribution < 1.29 is 0 Å². The van der Waals surface area contributed by atoms with Crippen LogP contribution in [0.15, 0.2) is 0 Å². The molecule has 4 nitrogen and oxygen atoms in total. The third-order valence-electron chi connectivity index (χ3n) is 2.23. The van der Waals surface area contributed by atoms with Crippen LogP contribution in [0.2, 0.25) is 0 Å². The first-order valence-electron chi connectivity index (χ1n) is 9.22. The second-order valence-electron chi connectivity index (χ2n) is 5.00. The van der Waals surface area contributed by atoms with Crippen LogP contribution in [-0.2, 0) is 0 Å². The molecule has 0 atom stereocenters. The van der Waals surface area contributed by atoms with Gasteiger partial charge in [0.25, 0.3) is 0 Å². The third kappa shape index (κ3) is 134. The zero-order valence-electron chi connectivity index (χ0n) is 16.8. The van der Waals surface area contributed by atoms with Crippen LogP contribution >= 0.6 is 71.0 Å². The zero-order chi connectivity index (χ0) is 21.0. The van der Waals surface area contributed by atoms with E-state index < -0.39 is 4.00 Å². The monoisotopic (exact) mass is 1010 g/mol. The summed E-state index contributed by atoms with van der Waals surface area (Å²) in [6, 6.07) is 0. The molecule has 0 amide bonds. The number of halogens is 4. The Hall–Kier alpha value is 3.68. The molecule has 0 spiro atoms. The number of hydrogen-bond acceptors (Lipinski definition) is 4. The molecule has 0 unspecified atom stereocenters. The Morgan fingerprint density at radius 1 is 0.480 bits per heavy atom. The minimum absolute atomic E-state index is 0.844. The maximum absolute atomic E-state index is 5.14. The van der Waals surface area contributed by atoms with Crippen molar-refractivity contribution in [3.05, 3.63) is 0 Å². The van der Waals surface area contributed by atoms with Gasteiger partial charge < -0.3 is 22.9 Å². The second-order valence-corrected chi connectivity index (χ2v) is 174. The molecule has 0 aromatic carbocycles. The summed E-state index contributed by atoms with van der Waals surface area (Å²) >= 11 is 10.2. The summed E-state index contributed by atoms with van der Waals surface area (Å²) in [7, 11) is 0. The van der Waals surface area contributed by atoms with Crippen LogP contribution < -0.4 is 22.9 Å². The summed E-state index contributed by atoms with van der Waals surface area (Å²) in [5.41, 5.74) is 20.6. The Morgan fingerprint density at radius 3 is 0.600 bits per heavy atom. The average molecular weight is 1010 g/mol. The standard InChI is InChI=1S/4C4H11N.4HI.Pb/c4*1-2-3-4-5;;;;;/h4*2-5H2,1H3;4*1H;/q;;;;;;;;+4/p-4. The van der Waals surface area contributed by atoms with Gasteiger partial charge in [0.15, 0.2) is 0 Å². The fraction of sp³-hybridized carbons (Fsp3) is 1.00. The number of nitrogens with two attached hydrogens (primary N) is 4. The van der Waals surface area contributed by atoms with E-state index in [0.717, 1.165) is 26.2 Å². The molecule has 0 aliphatic rings. The molecule has 0 aromatic heterocycles. The topological polar surface area (TPSA) is 104 Å². The van der Waals surface area contributed by atoms with E-state index in [1.54, 1.807) is 0 Å². The molecule has 0 saturated carbocycles. The predicted molar refractivity (Wildman–Crippen MR) is 158 cm³/mol. The van der Waals surface area contributed by atoms with Crippen molar-refractivity contribution in [1.82, 2.24) is 0 Å². The van der Waals surface area contributed by atoms with Gasteiger partial charge in [-0.25, -0.2) is 0 Å². The molecule has 0 fully saturated rings. The fourth-order valence-corrected chi connectivity index (χ4v) is 0.816. The summed E-state index contributed by atoms with van der Waals surface area (Å²) in [4.78, 5) is 0. The molecule has 0 saturated heterocycles. The Bertz CT molecular complexity index is 139. The van der Waals surface area contributed by atoms with Gasteiger partial charge in [-0.2, -0.15) is 0 Å². The van der Waals surface area contributed by atoms with E-state index in [0.29, 0.717) is 0 Å². The molecule has 9 heteroatoms. The van der Waals surface area contributed by atoms with Gasteiger partial charge in [-0.1, -0.05) is 53.4 Å². The van der Waals surface area contributed by atoms with Crippen molar-refractivity contribution in [2.24, 2.45) is 22.9 Å². The molecule has 0 bridgehead atoms. The van der Waals surface area contributed by atoms with Crippen molar-refractivity contribution >= 4 is 75.0 Å². The zero-order valence-corrected chi connectivity index (χ0v) is 29.3. The number of rotatable bonds is 8. The van der Waals surface area contributed by atoms with Crippen LogP contribution in [0.1, 0.15) is 79.1 Å². The van der Waals surface area contributed by atoms with Crippen LogP contribution in [0.4, 0.5) is 0 Å². The molecule has 160 valence electrons. The van der Waals surface area contributed by atoms with Crippen LogP contribution in [0.25, 0.3) is 0 Å². The van der Waals surface area contributed by atoms with Gasteiger partial charge in [-0.05, 0) is 51.9 Å². The SMILES string of the molecule is CCCCN.CCCCN.CCCCN.CCCCN.[I][Pb]([I])([I])[I]. The Labute approximate surface area is 199 Å². The van der Waals surface area contributed by atoms with E-state index >= 15 is 0 Å². The number of hydrogen-bond donors (Lipinski definition) is 4. The van der Waals surface area contributed by atoms with Crippen molar-refractivity contribution in [2.75, 3.05) is 26.2 Å². The fourth-order valence-electron chi connectivity index (χ4n) is 0.816. The summed E-state index contributed by atoms with van der Waals surface area (Å²) in [5, 5.41) is 0. The van der Waals surface area contributed by atoms with E-state index in [1.807, 2.05) is 0 Å². The van der Waals surface area contributed by atoms with Crippen molar-refractivity contribution in [3.8, 4) is 0 Å². The van der Waals surface area contributed by atoms with E-state index in [9.17, 15) is 0 Å². The molecule has 0 aromatic rings. The average Bonchev–Trinajstić information content (AvgIpc) is 2.51. The van der Waals surface area contributed by atoms with Crippen LogP contribution in [0.5, 0.6) is 0 Å². The van der Waals surface area contributed by atoms with Gasteiger partial charge in [-0.3, -0.25) is 0 Å². The van der Waals surface area contributed by atoms with Crippen molar-refractivity contribution in [2.45, 2.75) is 79.1 Å². The Morgan fingerprint density at radius 2 is 0.600 bits per heavy atom. The van der Waals surface area contributed by atoms with Crippen molar-refractivity contribution in [1.29, 1.82) is 0 Å². The molecule has 0 heterocycles. The van der Waals surface area contributed by atoms with E-state index in [-0.39, 0.29) is 0 Å². The van der Waals surface area contributed by atoms with Crippen LogP contribution in [0.3, 0.4) is 0 Å². The molecular weight excluding hydrogens is 963 g/mol. The van der Waals surface area contributed by atoms with Gasteiger partial charge in [0.2, 0.25) is 0 Å². The predicted octanol–water partition coefficient (Wildman–Crippen LogP) is 6.14. The molecule has 8 N–H and O–H groups in total. The summed E-state index contributed by atoms with van der Waals surface area (Å²) in [5.74, 6) is 0. The van der Waals surface area contributed by atoms with Crippen LogP contribution in [0, 0.1) is 0 Å². The van der Waals surface area contributed by atoms with E-state index in [4.69, 9.17) is 22.9 Å². The first-order chi connectivity index (χ1) is 11.7. The molecule has 25 heavy (non-hydrogen) atoms. The minimum atomic E-state index is -1.40. The molecule has 0 radical (unpaired) electrons. The first kappa shape index (κ1) is 39.2. The number of unbranched alkanes of at least 4 members (excludes halogenated alkanes) is 4. The quantitative estimate of drug-likeness (QED) is 0.174. The Balaban J connectivity index is -0.0000000667. The normalized spacial score (nSPS) is 9.12. The molecule has 0 aliphatic carbocycles. The maximum atomic E-state index is 5.14. The summed E-state index contributed by atoms with van der Waals surface area (Å²) < 4.78 is -1.40. The molecular formula is C16H44I4N4Pb. The van der Waals surface area contributed by atoms with Gasteiger partial charge in [0, 0.05) is 0 Å². The van der Waals surface area contributed by atoms with E-state index in [1.165, 1.54) is 51.4 Å². The van der Waals surface area contributed by atoms with E-state index in [2.05, 4.69) is 98.7 Å². The van der Waals surface area contributed by atoms with Gasteiger partial charge >= 0.3 is 75.0 Å². The molecule has 0 aliphatic heterocycles. The van der Waals surface area contributed by atoms with Gasteiger partial charge in [-0.15, -0.1) is 0 Å². The van der Waals surface area contributed by atoms with Gasteiger partial charge in [0.1, 0.15) is 0 Å². The summed E-state index contributed by atoms with van der Waals surface area (Å²) in [6.07, 6.45) is 9.54. The first-order valence-corrected chi connectivity index (χ1v) is 53.0. The van der Waals surface area contributed by atoms with Crippen molar-refractivity contribution in [3.63, 3.8) is 0 Å². The summed E-state index contributed by atoms with van der Waals surface area (Å²) in [6.45, 7) is 11.9. The molecule has 0 rings (SSSR count). The van der Waals surface area contributed by atoms with Gasteiger partial charge in [0.05, 0.1) is 0 Å². The Kier molecular flexibility index (Phi) is 65.7.